The third kappa shape index (κ3) is 1.59. The van der Waals surface area contributed by atoms with Crippen molar-refractivity contribution in [1.82, 2.24) is 4.90 Å². The molecule has 68 valence electrons. The summed E-state index contributed by atoms with van der Waals surface area (Å²) in [7, 11) is 2.16. The highest BCUT2D eigenvalue weighted by atomic mass is 127. The van der Waals surface area contributed by atoms with Crippen molar-refractivity contribution in [2.24, 2.45) is 4.99 Å². The summed E-state index contributed by atoms with van der Waals surface area (Å²) in [4.78, 5) is 6.92. The monoisotopic (exact) mass is 280 g/mol. The van der Waals surface area contributed by atoms with Gasteiger partial charge in [-0.15, -0.1) is 0 Å². The first-order valence-electron chi connectivity index (χ1n) is 4.27. The lowest BCUT2D eigenvalue weighted by Gasteiger charge is -2.33. The molecule has 4 heteroatoms. The summed E-state index contributed by atoms with van der Waals surface area (Å²) in [6, 6.07) is 0. The van der Waals surface area contributed by atoms with Crippen molar-refractivity contribution in [2.45, 2.75) is 18.4 Å². The molecule has 2 heterocycles. The molecule has 0 aromatic heterocycles. The SMILES string of the molecule is CN1CCC2(CC1)COC(I)=N2. The van der Waals surface area contributed by atoms with Crippen LogP contribution >= 0.6 is 22.6 Å². The van der Waals surface area contributed by atoms with Crippen molar-refractivity contribution in [3.05, 3.63) is 0 Å². The van der Waals surface area contributed by atoms with E-state index in [-0.39, 0.29) is 5.54 Å². The Morgan fingerprint density at radius 3 is 2.67 bits per heavy atom. The molecule has 0 unspecified atom stereocenters. The molecule has 2 aliphatic rings. The fourth-order valence-electron chi connectivity index (χ4n) is 1.74. The molecule has 0 saturated carbocycles. The van der Waals surface area contributed by atoms with Crippen LogP contribution in [0.3, 0.4) is 0 Å². The summed E-state index contributed by atoms with van der Waals surface area (Å²) in [5.41, 5.74) is 0.142. The molecule has 2 aliphatic heterocycles. The summed E-state index contributed by atoms with van der Waals surface area (Å²) in [5, 5.41) is 0. The van der Waals surface area contributed by atoms with Gasteiger partial charge in [0.1, 0.15) is 12.1 Å². The number of hydrogen-bond donors (Lipinski definition) is 0. The zero-order valence-corrected chi connectivity index (χ0v) is 9.37. The summed E-state index contributed by atoms with van der Waals surface area (Å²) in [6.45, 7) is 3.10. The first-order valence-corrected chi connectivity index (χ1v) is 5.35. The van der Waals surface area contributed by atoms with Gasteiger partial charge in [0.15, 0.2) is 0 Å². The molecule has 0 atom stereocenters. The van der Waals surface area contributed by atoms with Crippen LogP contribution in [0, 0.1) is 0 Å². The standard InChI is InChI=1S/C8H13IN2O/c1-11-4-2-8(3-5-11)6-12-7(9)10-8/h2-6H2,1H3. The Balaban J connectivity index is 2.04. The Labute approximate surface area is 86.3 Å². The van der Waals surface area contributed by atoms with Gasteiger partial charge in [-0.3, -0.25) is 0 Å². The van der Waals surface area contributed by atoms with Gasteiger partial charge in [-0.25, -0.2) is 4.99 Å². The topological polar surface area (TPSA) is 24.8 Å². The van der Waals surface area contributed by atoms with Crippen LogP contribution in [0.2, 0.25) is 0 Å². The highest BCUT2D eigenvalue weighted by molar-refractivity contribution is 14.1. The maximum atomic E-state index is 5.40. The van der Waals surface area contributed by atoms with E-state index in [0.717, 1.165) is 36.4 Å². The molecular weight excluding hydrogens is 267 g/mol. The quantitative estimate of drug-likeness (QED) is 0.624. The van der Waals surface area contributed by atoms with E-state index in [1.54, 1.807) is 0 Å². The minimum absolute atomic E-state index is 0.142. The van der Waals surface area contributed by atoms with Crippen molar-refractivity contribution < 1.29 is 4.74 Å². The predicted molar refractivity (Wildman–Crippen MR) is 56.9 cm³/mol. The van der Waals surface area contributed by atoms with Gasteiger partial charge in [0, 0.05) is 35.7 Å². The lowest BCUT2D eigenvalue weighted by Crippen LogP contribution is -2.42. The fraction of sp³-hybridized carbons (Fsp3) is 0.875. The van der Waals surface area contributed by atoms with Gasteiger partial charge in [0.2, 0.25) is 3.90 Å². The first kappa shape index (κ1) is 8.74. The smallest absolute Gasteiger partial charge is 0.248 e. The summed E-state index contributed by atoms with van der Waals surface area (Å²) in [6.07, 6.45) is 2.30. The highest BCUT2D eigenvalue weighted by Crippen LogP contribution is 2.31. The van der Waals surface area contributed by atoms with Gasteiger partial charge in [0.25, 0.3) is 0 Å². The molecule has 0 aromatic rings. The van der Waals surface area contributed by atoms with E-state index in [1.165, 1.54) is 0 Å². The molecule has 0 radical (unpaired) electrons. The van der Waals surface area contributed by atoms with E-state index in [4.69, 9.17) is 4.74 Å². The number of rotatable bonds is 0. The van der Waals surface area contributed by atoms with Crippen LogP contribution in [0.1, 0.15) is 12.8 Å². The third-order valence-corrected chi connectivity index (χ3v) is 3.26. The Kier molecular flexibility index (Phi) is 2.29. The summed E-state index contributed by atoms with van der Waals surface area (Å²) >= 11 is 2.16. The number of likely N-dealkylation sites (tertiary alicyclic amines) is 1. The van der Waals surface area contributed by atoms with Gasteiger partial charge < -0.3 is 9.64 Å². The Bertz CT molecular complexity index is 209. The minimum atomic E-state index is 0.142. The van der Waals surface area contributed by atoms with Crippen molar-refractivity contribution in [2.75, 3.05) is 26.7 Å². The van der Waals surface area contributed by atoms with Crippen molar-refractivity contribution in [3.63, 3.8) is 0 Å². The number of piperidine rings is 1. The van der Waals surface area contributed by atoms with E-state index in [9.17, 15) is 0 Å². The second-order valence-corrected chi connectivity index (χ2v) is 4.60. The molecule has 12 heavy (non-hydrogen) atoms. The average molecular weight is 280 g/mol. The molecule has 1 fully saturated rings. The van der Waals surface area contributed by atoms with Crippen molar-refractivity contribution in [1.29, 1.82) is 0 Å². The Morgan fingerprint density at radius 1 is 1.50 bits per heavy atom. The van der Waals surface area contributed by atoms with Gasteiger partial charge in [-0.05, 0) is 19.9 Å². The van der Waals surface area contributed by atoms with E-state index in [2.05, 4.69) is 39.5 Å². The van der Waals surface area contributed by atoms with E-state index < -0.39 is 0 Å². The second-order valence-electron chi connectivity index (χ2n) is 3.68. The zero-order chi connectivity index (χ0) is 8.60. The molecule has 0 N–H and O–H groups in total. The number of halogens is 1. The molecule has 3 nitrogen and oxygen atoms in total. The van der Waals surface area contributed by atoms with E-state index in [1.807, 2.05) is 0 Å². The maximum absolute atomic E-state index is 5.40. The molecule has 0 aromatic carbocycles. The number of nitrogens with zero attached hydrogens (tertiary/aromatic N) is 2. The van der Waals surface area contributed by atoms with Crippen LogP contribution in [0.15, 0.2) is 4.99 Å². The largest absolute Gasteiger partial charge is 0.471 e. The second kappa shape index (κ2) is 3.14. The fourth-order valence-corrected chi connectivity index (χ4v) is 2.40. The number of aliphatic imine (C=N–C) groups is 1. The van der Waals surface area contributed by atoms with E-state index in [0.29, 0.717) is 0 Å². The normalized spacial score (nSPS) is 28.7. The predicted octanol–water partition coefficient (Wildman–Crippen LogP) is 1.27. The maximum Gasteiger partial charge on any atom is 0.248 e. The summed E-state index contributed by atoms with van der Waals surface area (Å²) in [5.74, 6) is 0. The van der Waals surface area contributed by atoms with Crippen LogP contribution in [-0.2, 0) is 4.74 Å². The molecule has 1 saturated heterocycles. The van der Waals surface area contributed by atoms with E-state index >= 15 is 0 Å². The van der Waals surface area contributed by atoms with Crippen LogP contribution in [0.4, 0.5) is 0 Å². The van der Waals surface area contributed by atoms with Gasteiger partial charge in [-0.1, -0.05) is 0 Å². The molecule has 0 aliphatic carbocycles. The third-order valence-electron chi connectivity index (χ3n) is 2.70. The Hall–Kier alpha value is 0.160. The van der Waals surface area contributed by atoms with Crippen LogP contribution in [-0.4, -0.2) is 41.1 Å². The van der Waals surface area contributed by atoms with Crippen LogP contribution in [0.25, 0.3) is 0 Å². The molecule has 2 rings (SSSR count). The van der Waals surface area contributed by atoms with Gasteiger partial charge >= 0.3 is 0 Å². The number of ether oxygens (including phenoxy) is 1. The Morgan fingerprint density at radius 2 is 2.17 bits per heavy atom. The zero-order valence-electron chi connectivity index (χ0n) is 7.22. The highest BCUT2D eigenvalue weighted by Gasteiger charge is 2.38. The first-order chi connectivity index (χ1) is 5.70. The van der Waals surface area contributed by atoms with Gasteiger partial charge in [-0.2, -0.15) is 0 Å². The van der Waals surface area contributed by atoms with Crippen molar-refractivity contribution >= 4 is 26.5 Å². The van der Waals surface area contributed by atoms with Crippen molar-refractivity contribution in [3.8, 4) is 0 Å². The number of hydrogen-bond acceptors (Lipinski definition) is 3. The molecular formula is C8H13IN2O. The molecule has 0 bridgehead atoms. The van der Waals surface area contributed by atoms with Crippen LogP contribution in [0.5, 0.6) is 0 Å². The van der Waals surface area contributed by atoms with Crippen LogP contribution < -0.4 is 0 Å². The lowest BCUT2D eigenvalue weighted by molar-refractivity contribution is 0.156. The lowest BCUT2D eigenvalue weighted by atomic mass is 9.90. The average Bonchev–Trinajstić information content (AvgIpc) is 2.40. The summed E-state index contributed by atoms with van der Waals surface area (Å²) < 4.78 is 6.24. The molecule has 0 amide bonds. The van der Waals surface area contributed by atoms with Gasteiger partial charge in [0.05, 0.1) is 0 Å². The minimum Gasteiger partial charge on any atom is -0.471 e. The molecule has 1 spiro atoms.